The molecule has 0 atom stereocenters. The molecule has 5 heterocycles. The molecule has 34 heavy (non-hydrogen) atoms. The molecule has 4 aromatic heterocycles. The van der Waals surface area contributed by atoms with E-state index in [2.05, 4.69) is 66.5 Å². The van der Waals surface area contributed by atoms with Crippen LogP contribution in [0, 0.1) is 18.3 Å². The molecule has 0 unspecified atom stereocenters. The summed E-state index contributed by atoms with van der Waals surface area (Å²) in [4.78, 5) is 2.48. The van der Waals surface area contributed by atoms with E-state index in [1.165, 1.54) is 30.6 Å². The summed E-state index contributed by atoms with van der Waals surface area (Å²) in [6.45, 7) is 6.70. The van der Waals surface area contributed by atoms with Crippen molar-refractivity contribution in [1.29, 1.82) is 5.26 Å². The monoisotopic (exact) mass is 450 g/mol. The molecule has 0 aliphatic carbocycles. The van der Waals surface area contributed by atoms with E-state index in [0.717, 1.165) is 47.0 Å². The molecular weight excluding hydrogens is 424 g/mol. The topological polar surface area (TPSA) is 80.0 Å². The SMILES string of the molecule is Cc1nnc2ccc3c(cc(-c4ccn(CCC#N)n4)n3Cc3cccc(CN4CCC4)c3)n12. The number of aromatic nitrogens is 6. The van der Waals surface area contributed by atoms with Gasteiger partial charge in [0.15, 0.2) is 5.65 Å². The number of hydrogen-bond donors (Lipinski definition) is 0. The van der Waals surface area contributed by atoms with Crippen LogP contribution in [-0.4, -0.2) is 46.9 Å². The zero-order chi connectivity index (χ0) is 23.1. The van der Waals surface area contributed by atoms with Gasteiger partial charge in [0.1, 0.15) is 11.5 Å². The maximum absolute atomic E-state index is 8.94. The number of nitrogens with zero attached hydrogens (tertiary/aromatic N) is 8. The van der Waals surface area contributed by atoms with Crippen molar-refractivity contribution in [1.82, 2.24) is 33.8 Å². The van der Waals surface area contributed by atoms with Gasteiger partial charge >= 0.3 is 0 Å². The number of aryl methyl sites for hydroxylation is 2. The first-order valence-electron chi connectivity index (χ1n) is 11.7. The molecule has 1 aromatic carbocycles. The van der Waals surface area contributed by atoms with Gasteiger partial charge in [-0.3, -0.25) is 14.0 Å². The summed E-state index contributed by atoms with van der Waals surface area (Å²) in [5.74, 6) is 0.861. The Morgan fingerprint density at radius 2 is 1.82 bits per heavy atom. The van der Waals surface area contributed by atoms with E-state index in [4.69, 9.17) is 10.4 Å². The van der Waals surface area contributed by atoms with Gasteiger partial charge in [-0.1, -0.05) is 24.3 Å². The van der Waals surface area contributed by atoms with Gasteiger partial charge in [-0.25, -0.2) is 0 Å². The molecular formula is C26H26N8. The van der Waals surface area contributed by atoms with Gasteiger partial charge in [0.05, 0.1) is 35.8 Å². The van der Waals surface area contributed by atoms with Crippen LogP contribution in [-0.2, 0) is 19.6 Å². The first kappa shape index (κ1) is 20.6. The second-order valence-corrected chi connectivity index (χ2v) is 8.98. The Morgan fingerprint density at radius 3 is 2.62 bits per heavy atom. The number of fused-ring (bicyclic) bond motifs is 3. The van der Waals surface area contributed by atoms with Gasteiger partial charge in [0.25, 0.3) is 0 Å². The van der Waals surface area contributed by atoms with E-state index in [-0.39, 0.29) is 0 Å². The highest BCUT2D eigenvalue weighted by atomic mass is 15.3. The van der Waals surface area contributed by atoms with Gasteiger partial charge in [-0.05, 0) is 61.8 Å². The van der Waals surface area contributed by atoms with E-state index >= 15 is 0 Å². The molecule has 0 spiro atoms. The van der Waals surface area contributed by atoms with Crippen LogP contribution in [0.3, 0.4) is 0 Å². The molecule has 0 radical (unpaired) electrons. The van der Waals surface area contributed by atoms with Crippen LogP contribution < -0.4 is 0 Å². The summed E-state index contributed by atoms with van der Waals surface area (Å²) < 4.78 is 6.27. The standard InChI is InChI=1S/C26H26N8/c1-19-28-29-26-8-7-23-25(34(19)26)16-24(22-9-14-32(30-22)13-3-10-27)33(23)18-21-6-2-5-20(15-21)17-31-11-4-12-31/h2,5-9,14-16H,3-4,11-13,17-18H2,1H3. The number of hydrogen-bond acceptors (Lipinski definition) is 5. The van der Waals surface area contributed by atoms with E-state index in [1.54, 1.807) is 0 Å². The summed E-state index contributed by atoms with van der Waals surface area (Å²) >= 11 is 0. The molecule has 0 saturated carbocycles. The highest BCUT2D eigenvalue weighted by Crippen LogP contribution is 2.30. The zero-order valence-corrected chi connectivity index (χ0v) is 19.2. The molecule has 0 bridgehead atoms. The van der Waals surface area contributed by atoms with Crippen LogP contribution in [0.1, 0.15) is 29.8 Å². The van der Waals surface area contributed by atoms with Gasteiger partial charge in [0, 0.05) is 19.3 Å². The predicted octanol–water partition coefficient (Wildman–Crippen LogP) is 4.02. The van der Waals surface area contributed by atoms with Gasteiger partial charge in [0.2, 0.25) is 0 Å². The van der Waals surface area contributed by atoms with Crippen molar-refractivity contribution in [2.75, 3.05) is 13.1 Å². The third kappa shape index (κ3) is 3.64. The van der Waals surface area contributed by atoms with Crippen molar-refractivity contribution >= 4 is 16.7 Å². The minimum Gasteiger partial charge on any atom is -0.333 e. The lowest BCUT2D eigenvalue weighted by Gasteiger charge is -2.30. The molecule has 1 aliphatic rings. The fourth-order valence-electron chi connectivity index (χ4n) is 4.82. The number of pyridine rings is 1. The third-order valence-electron chi connectivity index (χ3n) is 6.64. The molecule has 6 rings (SSSR count). The molecule has 1 saturated heterocycles. The number of rotatable bonds is 7. The Kier molecular flexibility index (Phi) is 5.12. The summed E-state index contributed by atoms with van der Waals surface area (Å²) in [7, 11) is 0. The summed E-state index contributed by atoms with van der Waals surface area (Å²) in [5.41, 5.74) is 7.58. The molecule has 1 aliphatic heterocycles. The van der Waals surface area contributed by atoms with Gasteiger partial charge in [-0.2, -0.15) is 10.4 Å². The zero-order valence-electron chi connectivity index (χ0n) is 19.2. The maximum atomic E-state index is 8.94. The predicted molar refractivity (Wildman–Crippen MR) is 130 cm³/mol. The van der Waals surface area contributed by atoms with E-state index in [0.29, 0.717) is 13.0 Å². The molecule has 5 aromatic rings. The Labute approximate surface area is 197 Å². The van der Waals surface area contributed by atoms with Gasteiger partial charge in [-0.15, -0.1) is 10.2 Å². The van der Waals surface area contributed by atoms with E-state index < -0.39 is 0 Å². The van der Waals surface area contributed by atoms with Crippen LogP contribution >= 0.6 is 0 Å². The molecule has 0 amide bonds. The lowest BCUT2D eigenvalue weighted by molar-refractivity contribution is 0.172. The third-order valence-corrected chi connectivity index (χ3v) is 6.64. The average Bonchev–Trinajstić information content (AvgIpc) is 3.53. The Bertz CT molecular complexity index is 1530. The number of benzene rings is 1. The van der Waals surface area contributed by atoms with E-state index in [9.17, 15) is 0 Å². The minimum absolute atomic E-state index is 0.439. The van der Waals surface area contributed by atoms with Crippen LogP contribution in [0.2, 0.25) is 0 Å². The Balaban J connectivity index is 1.45. The first-order chi connectivity index (χ1) is 16.7. The molecule has 0 N–H and O–H groups in total. The van der Waals surface area contributed by atoms with Crippen LogP contribution in [0.25, 0.3) is 28.1 Å². The minimum atomic E-state index is 0.439. The number of likely N-dealkylation sites (tertiary alicyclic amines) is 1. The average molecular weight is 451 g/mol. The molecule has 1 fully saturated rings. The quantitative estimate of drug-likeness (QED) is 0.374. The van der Waals surface area contributed by atoms with Crippen molar-refractivity contribution in [2.24, 2.45) is 0 Å². The maximum Gasteiger partial charge on any atom is 0.161 e. The van der Waals surface area contributed by atoms with Crippen molar-refractivity contribution in [2.45, 2.75) is 39.4 Å². The van der Waals surface area contributed by atoms with Crippen LogP contribution in [0.4, 0.5) is 0 Å². The second-order valence-electron chi connectivity index (χ2n) is 8.98. The first-order valence-corrected chi connectivity index (χ1v) is 11.7. The smallest absolute Gasteiger partial charge is 0.161 e. The van der Waals surface area contributed by atoms with Crippen LogP contribution in [0.15, 0.2) is 54.7 Å². The van der Waals surface area contributed by atoms with Crippen molar-refractivity contribution in [3.05, 3.63) is 71.7 Å². The Morgan fingerprint density at radius 1 is 0.971 bits per heavy atom. The molecule has 8 nitrogen and oxygen atoms in total. The van der Waals surface area contributed by atoms with Crippen LogP contribution in [0.5, 0.6) is 0 Å². The van der Waals surface area contributed by atoms with Crippen molar-refractivity contribution in [3.8, 4) is 17.5 Å². The summed E-state index contributed by atoms with van der Waals surface area (Å²) in [6, 6.07) is 19.4. The summed E-state index contributed by atoms with van der Waals surface area (Å²) in [5, 5.41) is 22.3. The van der Waals surface area contributed by atoms with Crippen molar-refractivity contribution in [3.63, 3.8) is 0 Å². The highest BCUT2D eigenvalue weighted by Gasteiger charge is 2.18. The Hall–Kier alpha value is -3.96. The fourth-order valence-corrected chi connectivity index (χ4v) is 4.82. The largest absolute Gasteiger partial charge is 0.333 e. The highest BCUT2D eigenvalue weighted by molar-refractivity contribution is 5.86. The fraction of sp³-hybridized carbons (Fsp3) is 0.308. The van der Waals surface area contributed by atoms with Gasteiger partial charge < -0.3 is 4.57 Å². The molecule has 8 heteroatoms. The lowest BCUT2D eigenvalue weighted by Crippen LogP contribution is -2.36. The molecule has 170 valence electrons. The normalized spacial score (nSPS) is 14.0. The lowest BCUT2D eigenvalue weighted by atomic mass is 10.1. The second kappa shape index (κ2) is 8.43. The summed E-state index contributed by atoms with van der Waals surface area (Å²) in [6.07, 6.45) is 3.69. The van der Waals surface area contributed by atoms with E-state index in [1.807, 2.05) is 29.9 Å². The number of nitriles is 1. The van der Waals surface area contributed by atoms with Crippen molar-refractivity contribution < 1.29 is 0 Å².